The van der Waals surface area contributed by atoms with Crippen molar-refractivity contribution in [3.05, 3.63) is 185 Å². The van der Waals surface area contributed by atoms with Crippen molar-refractivity contribution in [3.63, 3.8) is 0 Å². The van der Waals surface area contributed by atoms with E-state index in [1.165, 1.54) is 46.5 Å². The molecular formula is C59H77NO2. The predicted molar refractivity (Wildman–Crippen MR) is 267 cm³/mol. The second-order valence-electron chi connectivity index (χ2n) is 21.9. The lowest BCUT2D eigenvalue weighted by atomic mass is 9.83. The van der Waals surface area contributed by atoms with Gasteiger partial charge in [0.1, 0.15) is 23.0 Å². The molecule has 330 valence electrons. The smallest absolute Gasteiger partial charge is 0.127 e. The zero-order valence-electron chi connectivity index (χ0n) is 41.1. The van der Waals surface area contributed by atoms with Gasteiger partial charge in [0.25, 0.3) is 0 Å². The Bertz CT molecular complexity index is 2220. The highest BCUT2D eigenvalue weighted by molar-refractivity contribution is 5.39. The first kappa shape index (κ1) is 49.5. The lowest BCUT2D eigenvalue weighted by molar-refractivity contribution is 0.478. The Morgan fingerprint density at radius 2 is 0.823 bits per heavy atom. The molecule has 0 atom stereocenters. The van der Waals surface area contributed by atoms with Gasteiger partial charge in [0, 0.05) is 22.2 Å². The summed E-state index contributed by atoms with van der Waals surface area (Å²) in [5, 5.41) is 0. The van der Waals surface area contributed by atoms with Crippen molar-refractivity contribution in [1.82, 2.24) is 4.98 Å². The van der Waals surface area contributed by atoms with Crippen LogP contribution in [0.4, 0.5) is 0 Å². The molecule has 1 aromatic heterocycles. The molecule has 0 amide bonds. The third-order valence-corrected chi connectivity index (χ3v) is 10.8. The average Bonchev–Trinajstić information content (AvgIpc) is 4.04. The standard InChI is InChI=1S/2C16H18O.C14H20.C13H21N/c1-16(2,3)13-8-7-11-15(12-13)17-14-9-5-4-6-10-14;1-16(2,3)13-9-11-15(12-10-13)17-14-7-5-4-6-8-14;1-10-9-12(11-5-6-11)7-8-13(10)14(2,3)4;1-12(2,3)10-8-7-9-11(14-10)13(4,5)6/h2*4-12H,1-3H3;7-9,11H,5-6H2,1-4H3;7-9H,1-6H3. The van der Waals surface area contributed by atoms with Crippen LogP contribution in [0.5, 0.6) is 23.0 Å². The summed E-state index contributed by atoms with van der Waals surface area (Å²) in [6.45, 7) is 35.5. The molecule has 0 unspecified atom stereocenters. The van der Waals surface area contributed by atoms with Crippen molar-refractivity contribution in [2.45, 2.75) is 157 Å². The third-order valence-electron chi connectivity index (χ3n) is 10.8. The summed E-state index contributed by atoms with van der Waals surface area (Å²) in [4.78, 5) is 4.72. The number of aromatic nitrogens is 1. The molecule has 5 aromatic carbocycles. The van der Waals surface area contributed by atoms with E-state index in [9.17, 15) is 0 Å². The quantitative estimate of drug-likeness (QED) is 0.173. The summed E-state index contributed by atoms with van der Waals surface area (Å²) in [7, 11) is 0. The van der Waals surface area contributed by atoms with Crippen molar-refractivity contribution < 1.29 is 9.47 Å². The molecular weight excluding hydrogens is 755 g/mol. The highest BCUT2D eigenvalue weighted by atomic mass is 16.5. The van der Waals surface area contributed by atoms with E-state index in [1.807, 2.05) is 84.9 Å². The molecule has 62 heavy (non-hydrogen) atoms. The highest BCUT2D eigenvalue weighted by Gasteiger charge is 2.25. The normalized spacial score (nSPS) is 13.0. The Morgan fingerprint density at radius 3 is 1.24 bits per heavy atom. The van der Waals surface area contributed by atoms with E-state index in [-0.39, 0.29) is 27.1 Å². The second kappa shape index (κ2) is 20.8. The summed E-state index contributed by atoms with van der Waals surface area (Å²) >= 11 is 0. The summed E-state index contributed by atoms with van der Waals surface area (Å²) in [5.74, 6) is 4.39. The predicted octanol–water partition coefficient (Wildman–Crippen LogP) is 17.4. The van der Waals surface area contributed by atoms with Gasteiger partial charge in [-0.25, -0.2) is 0 Å². The van der Waals surface area contributed by atoms with Crippen LogP contribution in [0, 0.1) is 6.92 Å². The van der Waals surface area contributed by atoms with Crippen molar-refractivity contribution in [2.75, 3.05) is 0 Å². The summed E-state index contributed by atoms with van der Waals surface area (Å²) in [6, 6.07) is 49.6. The van der Waals surface area contributed by atoms with E-state index < -0.39 is 0 Å². The maximum absolute atomic E-state index is 5.81. The van der Waals surface area contributed by atoms with E-state index in [1.54, 1.807) is 5.56 Å². The van der Waals surface area contributed by atoms with Crippen LogP contribution in [0.15, 0.2) is 146 Å². The first-order chi connectivity index (χ1) is 28.8. The van der Waals surface area contributed by atoms with Gasteiger partial charge in [-0.15, -0.1) is 0 Å². The van der Waals surface area contributed by atoms with Crippen molar-refractivity contribution >= 4 is 0 Å². The fourth-order valence-corrected chi connectivity index (χ4v) is 6.77. The Balaban J connectivity index is 0.000000183. The SMILES string of the molecule is CC(C)(C)c1ccc(Oc2ccccc2)cc1.CC(C)(C)c1cccc(C(C)(C)C)n1.CC(C)(C)c1cccc(Oc2ccccc2)c1.Cc1cc(C2CC2)ccc1C(C)(C)C. The van der Waals surface area contributed by atoms with Crippen LogP contribution >= 0.6 is 0 Å². The number of rotatable bonds is 5. The van der Waals surface area contributed by atoms with Crippen LogP contribution in [0.1, 0.15) is 162 Å². The van der Waals surface area contributed by atoms with Gasteiger partial charge >= 0.3 is 0 Å². The summed E-state index contributed by atoms with van der Waals surface area (Å²) in [5.41, 5.74) is 10.3. The Morgan fingerprint density at radius 1 is 0.387 bits per heavy atom. The Hall–Kier alpha value is -5.15. The molecule has 0 saturated heterocycles. The number of benzene rings is 5. The number of pyridine rings is 1. The highest BCUT2D eigenvalue weighted by Crippen LogP contribution is 2.41. The van der Waals surface area contributed by atoms with Crippen molar-refractivity contribution in [3.8, 4) is 23.0 Å². The van der Waals surface area contributed by atoms with Gasteiger partial charge < -0.3 is 9.47 Å². The fraction of sp³-hybridized carbons (Fsp3) is 0.407. The van der Waals surface area contributed by atoms with Crippen LogP contribution < -0.4 is 9.47 Å². The minimum Gasteiger partial charge on any atom is -0.457 e. The monoisotopic (exact) mass is 832 g/mol. The molecule has 1 fully saturated rings. The molecule has 1 aliphatic carbocycles. The number of hydrogen-bond acceptors (Lipinski definition) is 3. The van der Waals surface area contributed by atoms with Crippen LogP contribution in [-0.2, 0) is 27.1 Å². The second-order valence-corrected chi connectivity index (χ2v) is 21.9. The van der Waals surface area contributed by atoms with E-state index in [2.05, 4.69) is 171 Å². The molecule has 7 rings (SSSR count). The minimum atomic E-state index is 0.140. The molecule has 0 bridgehead atoms. The van der Waals surface area contributed by atoms with Crippen LogP contribution in [0.2, 0.25) is 0 Å². The molecule has 0 radical (unpaired) electrons. The van der Waals surface area contributed by atoms with E-state index >= 15 is 0 Å². The molecule has 3 nitrogen and oxygen atoms in total. The Labute approximate surface area is 377 Å². The molecule has 3 heteroatoms. The van der Waals surface area contributed by atoms with Gasteiger partial charge in [-0.3, -0.25) is 4.98 Å². The van der Waals surface area contributed by atoms with Crippen LogP contribution in [0.25, 0.3) is 0 Å². The van der Waals surface area contributed by atoms with Gasteiger partial charge in [-0.2, -0.15) is 0 Å². The number of para-hydroxylation sites is 2. The molecule has 6 aromatic rings. The van der Waals surface area contributed by atoms with Gasteiger partial charge in [0.2, 0.25) is 0 Å². The van der Waals surface area contributed by atoms with E-state index in [4.69, 9.17) is 14.5 Å². The van der Waals surface area contributed by atoms with Crippen LogP contribution in [-0.4, -0.2) is 4.98 Å². The number of ether oxygens (including phenoxy) is 2. The number of nitrogens with zero attached hydrogens (tertiary/aromatic N) is 1. The van der Waals surface area contributed by atoms with Crippen molar-refractivity contribution in [1.29, 1.82) is 0 Å². The van der Waals surface area contributed by atoms with Crippen molar-refractivity contribution in [2.24, 2.45) is 0 Å². The van der Waals surface area contributed by atoms with Gasteiger partial charge in [0.05, 0.1) is 0 Å². The maximum Gasteiger partial charge on any atom is 0.127 e. The first-order valence-electron chi connectivity index (χ1n) is 22.6. The summed E-state index contributed by atoms with van der Waals surface area (Å²) < 4.78 is 11.6. The first-order valence-corrected chi connectivity index (χ1v) is 22.6. The number of aryl methyl sites for hydroxylation is 1. The van der Waals surface area contributed by atoms with E-state index in [0.29, 0.717) is 0 Å². The minimum absolute atomic E-state index is 0.140. The lowest BCUT2D eigenvalue weighted by Crippen LogP contribution is -2.19. The third kappa shape index (κ3) is 16.3. The van der Waals surface area contributed by atoms with E-state index in [0.717, 1.165) is 28.9 Å². The Kier molecular flexibility index (Phi) is 16.6. The fourth-order valence-electron chi connectivity index (χ4n) is 6.77. The molecule has 1 aliphatic rings. The molecule has 1 heterocycles. The van der Waals surface area contributed by atoms with Gasteiger partial charge in [-0.1, -0.05) is 189 Å². The van der Waals surface area contributed by atoms with Gasteiger partial charge in [-0.05, 0) is 130 Å². The molecule has 1 saturated carbocycles. The number of hydrogen-bond donors (Lipinski definition) is 0. The molecule has 0 spiro atoms. The molecule has 0 aliphatic heterocycles. The summed E-state index contributed by atoms with van der Waals surface area (Å²) in [6.07, 6.45) is 2.79. The average molecular weight is 832 g/mol. The van der Waals surface area contributed by atoms with Gasteiger partial charge in [0.15, 0.2) is 0 Å². The maximum atomic E-state index is 5.81. The van der Waals surface area contributed by atoms with Crippen LogP contribution in [0.3, 0.4) is 0 Å². The zero-order valence-corrected chi connectivity index (χ0v) is 41.1. The lowest BCUT2D eigenvalue weighted by Gasteiger charge is -2.23. The largest absolute Gasteiger partial charge is 0.457 e. The molecule has 0 N–H and O–H groups in total. The topological polar surface area (TPSA) is 31.4 Å². The zero-order chi connectivity index (χ0) is 45.9.